The Balaban J connectivity index is 1.50. The second-order valence-electron chi connectivity index (χ2n) is 6.80. The van der Waals surface area contributed by atoms with Gasteiger partial charge in [0.1, 0.15) is 5.82 Å². The number of nitrogens with one attached hydrogen (secondary N) is 1. The lowest BCUT2D eigenvalue weighted by Gasteiger charge is -2.16. The highest BCUT2D eigenvalue weighted by atomic mass is 35.5. The van der Waals surface area contributed by atoms with Crippen molar-refractivity contribution < 1.29 is 4.39 Å². The number of halogens is 2. The molecule has 3 heterocycles. The summed E-state index contributed by atoms with van der Waals surface area (Å²) in [6.45, 7) is 4.98. The number of H-pyrrole nitrogens is 1. The monoisotopic (exact) mass is 370 g/mol. The molecule has 0 bridgehead atoms. The summed E-state index contributed by atoms with van der Waals surface area (Å²) in [7, 11) is 0. The summed E-state index contributed by atoms with van der Waals surface area (Å²) >= 11 is 5.91. The van der Waals surface area contributed by atoms with Gasteiger partial charge in [0, 0.05) is 30.5 Å². The number of hydrogen-bond acceptors (Lipinski definition) is 3. The molecule has 134 valence electrons. The van der Waals surface area contributed by atoms with Gasteiger partial charge in [-0.05, 0) is 61.7 Å². The van der Waals surface area contributed by atoms with E-state index in [1.807, 2.05) is 6.20 Å². The second kappa shape index (κ2) is 7.17. The van der Waals surface area contributed by atoms with Gasteiger partial charge < -0.3 is 4.98 Å². The number of hydrogen-bond donors (Lipinski definition) is 1. The number of likely N-dealkylation sites (tertiary alicyclic amines) is 1. The van der Waals surface area contributed by atoms with Gasteiger partial charge in [-0.1, -0.05) is 11.6 Å². The van der Waals surface area contributed by atoms with Gasteiger partial charge in [-0.2, -0.15) is 0 Å². The van der Waals surface area contributed by atoms with Crippen molar-refractivity contribution in [2.75, 3.05) is 13.1 Å². The third-order valence-corrected chi connectivity index (χ3v) is 5.34. The maximum atomic E-state index is 13.4. The van der Waals surface area contributed by atoms with Crippen molar-refractivity contribution in [1.29, 1.82) is 0 Å². The Labute approximate surface area is 157 Å². The molecule has 6 heteroatoms. The molecule has 1 atom stereocenters. The summed E-state index contributed by atoms with van der Waals surface area (Å²) in [4.78, 5) is 14.4. The third kappa shape index (κ3) is 3.50. The standard InChI is InChI=1S/C20H20ClFN4/c1-13-20(25-12-24-13)11-26-7-5-16(10-26)14-4-6-23-19(9-14)15-2-3-18(22)17(21)8-15/h2-4,6,8-9,12,16H,5,7,10-11H2,1H3,(H,24,25)/t16-/m0/s1. The minimum atomic E-state index is -0.410. The normalized spacial score (nSPS) is 17.7. The highest BCUT2D eigenvalue weighted by Crippen LogP contribution is 2.31. The zero-order chi connectivity index (χ0) is 18.1. The number of aromatic nitrogens is 3. The zero-order valence-corrected chi connectivity index (χ0v) is 15.3. The van der Waals surface area contributed by atoms with Gasteiger partial charge in [-0.25, -0.2) is 9.37 Å². The van der Waals surface area contributed by atoms with E-state index in [-0.39, 0.29) is 5.02 Å². The van der Waals surface area contributed by atoms with Crippen LogP contribution in [0.3, 0.4) is 0 Å². The summed E-state index contributed by atoms with van der Waals surface area (Å²) in [6.07, 6.45) is 4.68. The van der Waals surface area contributed by atoms with Crippen molar-refractivity contribution in [3.63, 3.8) is 0 Å². The van der Waals surface area contributed by atoms with E-state index in [1.54, 1.807) is 18.5 Å². The molecule has 0 saturated carbocycles. The Morgan fingerprint density at radius 1 is 1.27 bits per heavy atom. The van der Waals surface area contributed by atoms with E-state index in [2.05, 4.69) is 38.9 Å². The fourth-order valence-corrected chi connectivity index (χ4v) is 3.70. The summed E-state index contributed by atoms with van der Waals surface area (Å²) in [5.74, 6) is 0.0542. The smallest absolute Gasteiger partial charge is 0.141 e. The predicted octanol–water partition coefficient (Wildman–Crippen LogP) is 4.56. The molecule has 0 radical (unpaired) electrons. The van der Waals surface area contributed by atoms with Crippen LogP contribution in [0.1, 0.15) is 29.3 Å². The topological polar surface area (TPSA) is 44.8 Å². The van der Waals surface area contributed by atoms with Crippen molar-refractivity contribution in [2.45, 2.75) is 25.8 Å². The fraction of sp³-hybridized carbons (Fsp3) is 0.300. The highest BCUT2D eigenvalue weighted by Gasteiger charge is 2.25. The first kappa shape index (κ1) is 17.2. The van der Waals surface area contributed by atoms with Gasteiger partial charge in [-0.15, -0.1) is 0 Å². The van der Waals surface area contributed by atoms with Crippen LogP contribution in [0.2, 0.25) is 5.02 Å². The highest BCUT2D eigenvalue weighted by molar-refractivity contribution is 6.31. The molecule has 2 aromatic heterocycles. The third-order valence-electron chi connectivity index (χ3n) is 5.05. The summed E-state index contributed by atoms with van der Waals surface area (Å²) in [5.41, 5.74) is 5.16. The molecule has 1 N–H and O–H groups in total. The first-order valence-electron chi connectivity index (χ1n) is 8.73. The van der Waals surface area contributed by atoms with E-state index in [4.69, 9.17) is 11.6 Å². The lowest BCUT2D eigenvalue weighted by Crippen LogP contribution is -2.20. The van der Waals surface area contributed by atoms with Gasteiger partial charge >= 0.3 is 0 Å². The van der Waals surface area contributed by atoms with Crippen molar-refractivity contribution in [3.05, 3.63) is 70.6 Å². The Bertz CT molecular complexity index is 924. The minimum absolute atomic E-state index is 0.121. The van der Waals surface area contributed by atoms with Gasteiger partial charge in [0.05, 0.1) is 22.7 Å². The van der Waals surface area contributed by atoms with Crippen LogP contribution in [-0.4, -0.2) is 32.9 Å². The molecular weight excluding hydrogens is 351 g/mol. The predicted molar refractivity (Wildman–Crippen MR) is 101 cm³/mol. The Kier molecular flexibility index (Phi) is 4.74. The van der Waals surface area contributed by atoms with Crippen LogP contribution in [0.15, 0.2) is 42.9 Å². The number of rotatable bonds is 4. The molecule has 0 spiro atoms. The van der Waals surface area contributed by atoms with Gasteiger partial charge in [0.15, 0.2) is 0 Å². The maximum Gasteiger partial charge on any atom is 0.141 e. The number of pyridine rings is 1. The van der Waals surface area contributed by atoms with Crippen LogP contribution in [0.4, 0.5) is 4.39 Å². The lowest BCUT2D eigenvalue weighted by molar-refractivity contribution is 0.322. The van der Waals surface area contributed by atoms with Crippen LogP contribution in [0.25, 0.3) is 11.3 Å². The van der Waals surface area contributed by atoms with Crippen LogP contribution < -0.4 is 0 Å². The van der Waals surface area contributed by atoms with Gasteiger partial charge in [-0.3, -0.25) is 9.88 Å². The van der Waals surface area contributed by atoms with Crippen molar-refractivity contribution in [2.24, 2.45) is 0 Å². The molecule has 1 saturated heterocycles. The second-order valence-corrected chi connectivity index (χ2v) is 7.21. The molecule has 0 aliphatic carbocycles. The molecule has 1 aliphatic heterocycles. The largest absolute Gasteiger partial charge is 0.348 e. The Morgan fingerprint density at radius 2 is 2.15 bits per heavy atom. The van der Waals surface area contributed by atoms with Crippen LogP contribution >= 0.6 is 11.6 Å². The average Bonchev–Trinajstić information content (AvgIpc) is 3.27. The molecule has 4 rings (SSSR count). The maximum absolute atomic E-state index is 13.4. The molecule has 1 aliphatic rings. The first-order valence-corrected chi connectivity index (χ1v) is 9.10. The molecule has 3 aromatic rings. The minimum Gasteiger partial charge on any atom is -0.348 e. The van der Waals surface area contributed by atoms with Crippen LogP contribution in [0, 0.1) is 12.7 Å². The SMILES string of the molecule is Cc1[nH]cnc1CN1CC[C@H](c2ccnc(-c3ccc(F)c(Cl)c3)c2)C1. The lowest BCUT2D eigenvalue weighted by atomic mass is 9.97. The van der Waals surface area contributed by atoms with Gasteiger partial charge in [0.2, 0.25) is 0 Å². The van der Waals surface area contributed by atoms with Crippen molar-refractivity contribution in [3.8, 4) is 11.3 Å². The number of aryl methyl sites for hydroxylation is 1. The zero-order valence-electron chi connectivity index (χ0n) is 14.5. The van der Waals surface area contributed by atoms with Crippen molar-refractivity contribution >= 4 is 11.6 Å². The summed E-state index contributed by atoms with van der Waals surface area (Å²) in [6, 6.07) is 8.90. The number of nitrogens with zero attached hydrogens (tertiary/aromatic N) is 3. The molecule has 0 amide bonds. The molecule has 0 unspecified atom stereocenters. The average molecular weight is 371 g/mol. The molecule has 1 fully saturated rings. The van der Waals surface area contributed by atoms with E-state index in [0.717, 1.165) is 48.7 Å². The van der Waals surface area contributed by atoms with E-state index in [0.29, 0.717) is 5.92 Å². The van der Waals surface area contributed by atoms with E-state index >= 15 is 0 Å². The van der Waals surface area contributed by atoms with E-state index < -0.39 is 5.82 Å². The van der Waals surface area contributed by atoms with Crippen LogP contribution in [0.5, 0.6) is 0 Å². The quantitative estimate of drug-likeness (QED) is 0.732. The van der Waals surface area contributed by atoms with Gasteiger partial charge in [0.25, 0.3) is 0 Å². The molecule has 1 aromatic carbocycles. The summed E-state index contributed by atoms with van der Waals surface area (Å²) < 4.78 is 13.4. The van der Waals surface area contributed by atoms with E-state index in [9.17, 15) is 4.39 Å². The summed E-state index contributed by atoms with van der Waals surface area (Å²) in [5, 5.41) is 0.121. The van der Waals surface area contributed by atoms with Crippen LogP contribution in [-0.2, 0) is 6.54 Å². The first-order chi connectivity index (χ1) is 12.6. The number of aromatic amines is 1. The molecule has 26 heavy (non-hydrogen) atoms. The number of benzene rings is 1. The van der Waals surface area contributed by atoms with Crippen molar-refractivity contribution in [1.82, 2.24) is 19.9 Å². The van der Waals surface area contributed by atoms with E-state index in [1.165, 1.54) is 11.6 Å². The molecule has 4 nitrogen and oxygen atoms in total. The fourth-order valence-electron chi connectivity index (χ4n) is 3.52. The Morgan fingerprint density at radius 3 is 2.92 bits per heavy atom. The molecular formula is C20H20ClFN4. The Hall–Kier alpha value is -2.24. The number of imidazole rings is 1.